The molecule has 0 aliphatic carbocycles. The zero-order chi connectivity index (χ0) is 14.5. The van der Waals surface area contributed by atoms with E-state index in [1.165, 1.54) is 0 Å². The van der Waals surface area contributed by atoms with Crippen molar-refractivity contribution in [3.8, 4) is 0 Å². The molecule has 0 spiro atoms. The highest BCUT2D eigenvalue weighted by Gasteiger charge is 2.16. The lowest BCUT2D eigenvalue weighted by atomic mass is 10.0. The number of para-hydroxylation sites is 1. The third kappa shape index (κ3) is 3.27. The second kappa shape index (κ2) is 6.38. The van der Waals surface area contributed by atoms with Crippen LogP contribution < -0.4 is 5.32 Å². The minimum absolute atomic E-state index is 0.0139. The molecule has 6 nitrogen and oxygen atoms in total. The molecule has 1 aromatic heterocycles. The number of hydrogen-bond donors (Lipinski definition) is 2. The summed E-state index contributed by atoms with van der Waals surface area (Å²) in [6.45, 7) is 4.11. The van der Waals surface area contributed by atoms with Crippen LogP contribution in [-0.2, 0) is 0 Å². The molecule has 0 fully saturated rings. The molecule has 0 unspecified atom stereocenters. The van der Waals surface area contributed by atoms with Crippen LogP contribution in [-0.4, -0.2) is 38.8 Å². The summed E-state index contributed by atoms with van der Waals surface area (Å²) in [6.07, 6.45) is 0.280. The van der Waals surface area contributed by atoms with Crippen molar-refractivity contribution in [3.05, 3.63) is 30.1 Å². The highest BCUT2D eigenvalue weighted by Crippen LogP contribution is 2.08. The van der Waals surface area contributed by atoms with Gasteiger partial charge in [-0.15, -0.1) is 10.2 Å². The molecular formula is C14H18N4O2. The molecular weight excluding hydrogens is 256 g/mol. The maximum Gasteiger partial charge on any atom is 0.291 e. The number of nitrogens with one attached hydrogen (secondary N) is 1. The lowest BCUT2D eigenvalue weighted by Crippen LogP contribution is -2.36. The Balaban J connectivity index is 2.04. The van der Waals surface area contributed by atoms with Crippen LogP contribution >= 0.6 is 0 Å². The Bertz CT molecular complexity index is 602. The summed E-state index contributed by atoms with van der Waals surface area (Å²) < 4.78 is 0. The van der Waals surface area contributed by atoms with Crippen LogP contribution in [0.1, 0.15) is 30.9 Å². The van der Waals surface area contributed by atoms with E-state index in [1.807, 2.05) is 26.0 Å². The Morgan fingerprint density at radius 3 is 2.70 bits per heavy atom. The molecule has 0 saturated carbocycles. The molecule has 2 atom stereocenters. The Morgan fingerprint density at radius 1 is 1.30 bits per heavy atom. The van der Waals surface area contributed by atoms with Crippen molar-refractivity contribution >= 4 is 16.9 Å². The molecule has 1 amide bonds. The molecule has 1 heterocycles. The fourth-order valence-corrected chi connectivity index (χ4v) is 1.73. The van der Waals surface area contributed by atoms with Gasteiger partial charge in [0.05, 0.1) is 11.6 Å². The number of aliphatic hydroxyl groups excluding tert-OH is 1. The Morgan fingerprint density at radius 2 is 2.00 bits per heavy atom. The zero-order valence-corrected chi connectivity index (χ0v) is 11.6. The van der Waals surface area contributed by atoms with Gasteiger partial charge in [-0.1, -0.05) is 32.4 Å². The molecule has 0 radical (unpaired) electrons. The van der Waals surface area contributed by atoms with Crippen LogP contribution in [0.3, 0.4) is 0 Å². The molecule has 0 aliphatic rings. The van der Waals surface area contributed by atoms with Crippen molar-refractivity contribution in [2.24, 2.45) is 5.92 Å². The first-order chi connectivity index (χ1) is 9.61. The van der Waals surface area contributed by atoms with Crippen molar-refractivity contribution < 1.29 is 9.90 Å². The van der Waals surface area contributed by atoms with Gasteiger partial charge in [0.1, 0.15) is 5.52 Å². The fraction of sp³-hybridized carbons (Fsp3) is 0.429. The summed E-state index contributed by atoms with van der Waals surface area (Å²) in [6, 6.07) is 7.21. The molecule has 0 bridgehead atoms. The van der Waals surface area contributed by atoms with Crippen molar-refractivity contribution in [1.82, 2.24) is 20.5 Å². The first kappa shape index (κ1) is 14.3. The Hall–Kier alpha value is -2.08. The van der Waals surface area contributed by atoms with E-state index in [4.69, 9.17) is 0 Å². The number of fused-ring (bicyclic) bond motifs is 1. The number of aliphatic hydroxyl groups is 1. The second-order valence-electron chi connectivity index (χ2n) is 4.79. The number of benzene rings is 1. The van der Waals surface area contributed by atoms with Gasteiger partial charge in [-0.2, -0.15) is 0 Å². The Kier molecular flexibility index (Phi) is 4.57. The van der Waals surface area contributed by atoms with E-state index in [9.17, 15) is 9.90 Å². The van der Waals surface area contributed by atoms with Crippen LogP contribution in [0.5, 0.6) is 0 Å². The van der Waals surface area contributed by atoms with E-state index in [-0.39, 0.29) is 18.3 Å². The summed E-state index contributed by atoms with van der Waals surface area (Å²) >= 11 is 0. The van der Waals surface area contributed by atoms with Crippen molar-refractivity contribution in [1.29, 1.82) is 0 Å². The molecule has 2 aromatic rings. The van der Waals surface area contributed by atoms with Gasteiger partial charge in [0, 0.05) is 6.54 Å². The van der Waals surface area contributed by atoms with Crippen LogP contribution in [0.4, 0.5) is 0 Å². The predicted molar refractivity (Wildman–Crippen MR) is 75.1 cm³/mol. The zero-order valence-electron chi connectivity index (χ0n) is 11.6. The van der Waals surface area contributed by atoms with E-state index in [2.05, 4.69) is 20.5 Å². The topological polar surface area (TPSA) is 88.0 Å². The van der Waals surface area contributed by atoms with Crippen molar-refractivity contribution in [2.45, 2.75) is 26.4 Å². The van der Waals surface area contributed by atoms with E-state index in [1.54, 1.807) is 12.1 Å². The molecule has 106 valence electrons. The lowest BCUT2D eigenvalue weighted by Gasteiger charge is -2.17. The van der Waals surface area contributed by atoms with E-state index < -0.39 is 12.0 Å². The first-order valence-corrected chi connectivity index (χ1v) is 6.67. The largest absolute Gasteiger partial charge is 0.391 e. The SMILES string of the molecule is CC[C@@H](C)[C@H](O)CNC(=O)c1nnc2ccccc2n1. The number of nitrogens with zero attached hydrogens (tertiary/aromatic N) is 3. The van der Waals surface area contributed by atoms with E-state index in [0.717, 1.165) is 6.42 Å². The molecule has 1 aromatic carbocycles. The van der Waals surface area contributed by atoms with Crippen LogP contribution in [0.15, 0.2) is 24.3 Å². The van der Waals surface area contributed by atoms with Crippen molar-refractivity contribution in [2.75, 3.05) is 6.54 Å². The predicted octanol–water partition coefficient (Wildman–Crippen LogP) is 1.16. The standard InChI is InChI=1S/C14H18N4O2/c1-3-9(2)12(19)8-15-14(20)13-16-10-6-4-5-7-11(10)17-18-13/h4-7,9,12,19H,3,8H2,1-2H3,(H,15,20)/t9-,12-/m1/s1. The quantitative estimate of drug-likeness (QED) is 0.854. The second-order valence-corrected chi connectivity index (χ2v) is 4.79. The monoisotopic (exact) mass is 274 g/mol. The molecule has 2 N–H and O–H groups in total. The van der Waals surface area contributed by atoms with Crippen LogP contribution in [0.2, 0.25) is 0 Å². The maximum atomic E-state index is 11.9. The van der Waals surface area contributed by atoms with Gasteiger partial charge in [0.15, 0.2) is 0 Å². The number of carbonyl (C=O) groups is 1. The first-order valence-electron chi connectivity index (χ1n) is 6.67. The average Bonchev–Trinajstić information content (AvgIpc) is 2.50. The normalized spacial score (nSPS) is 13.9. The third-order valence-corrected chi connectivity index (χ3v) is 3.34. The van der Waals surface area contributed by atoms with Gasteiger partial charge < -0.3 is 10.4 Å². The van der Waals surface area contributed by atoms with E-state index >= 15 is 0 Å². The van der Waals surface area contributed by atoms with Gasteiger partial charge in [0.25, 0.3) is 5.91 Å². The fourth-order valence-electron chi connectivity index (χ4n) is 1.73. The third-order valence-electron chi connectivity index (χ3n) is 3.34. The molecule has 6 heteroatoms. The maximum absolute atomic E-state index is 11.9. The van der Waals surface area contributed by atoms with Crippen molar-refractivity contribution in [3.63, 3.8) is 0 Å². The summed E-state index contributed by atoms with van der Waals surface area (Å²) in [5.74, 6) is -0.281. The van der Waals surface area contributed by atoms with Gasteiger partial charge >= 0.3 is 0 Å². The number of rotatable bonds is 5. The minimum Gasteiger partial charge on any atom is -0.391 e. The summed E-state index contributed by atoms with van der Waals surface area (Å²) in [5.41, 5.74) is 1.26. The highest BCUT2D eigenvalue weighted by molar-refractivity contribution is 5.91. The van der Waals surface area contributed by atoms with Gasteiger partial charge in [0.2, 0.25) is 5.82 Å². The van der Waals surface area contributed by atoms with Gasteiger partial charge in [-0.3, -0.25) is 4.79 Å². The number of amides is 1. The van der Waals surface area contributed by atoms with Crippen LogP contribution in [0, 0.1) is 5.92 Å². The molecule has 20 heavy (non-hydrogen) atoms. The lowest BCUT2D eigenvalue weighted by molar-refractivity contribution is 0.0841. The number of aromatic nitrogens is 3. The molecule has 0 saturated heterocycles. The Labute approximate surface area is 117 Å². The molecule has 0 aliphatic heterocycles. The summed E-state index contributed by atoms with van der Waals surface area (Å²) in [7, 11) is 0. The average molecular weight is 274 g/mol. The number of hydrogen-bond acceptors (Lipinski definition) is 5. The van der Waals surface area contributed by atoms with E-state index in [0.29, 0.717) is 11.0 Å². The summed E-state index contributed by atoms with van der Waals surface area (Å²) in [4.78, 5) is 16.1. The van der Waals surface area contributed by atoms with Gasteiger partial charge in [-0.05, 0) is 18.1 Å². The minimum atomic E-state index is -0.572. The highest BCUT2D eigenvalue weighted by atomic mass is 16.3. The van der Waals surface area contributed by atoms with Gasteiger partial charge in [-0.25, -0.2) is 4.98 Å². The smallest absolute Gasteiger partial charge is 0.291 e. The number of carbonyl (C=O) groups excluding carboxylic acids is 1. The summed E-state index contributed by atoms with van der Waals surface area (Å²) in [5, 5.41) is 20.2. The van der Waals surface area contributed by atoms with Crippen LogP contribution in [0.25, 0.3) is 11.0 Å². The molecule has 2 rings (SSSR count).